The summed E-state index contributed by atoms with van der Waals surface area (Å²) in [5.41, 5.74) is 6.37. The lowest BCUT2D eigenvalue weighted by atomic mass is 10.2. The first-order chi connectivity index (χ1) is 19.7. The van der Waals surface area contributed by atoms with Crippen LogP contribution in [0.25, 0.3) is 5.69 Å². The molecule has 0 unspecified atom stereocenters. The van der Waals surface area contributed by atoms with E-state index in [4.69, 9.17) is 30.2 Å². The molecule has 4 aromatic rings. The minimum absolute atomic E-state index is 0.0885. The quantitative estimate of drug-likeness (QED) is 0.110. The lowest BCUT2D eigenvalue weighted by molar-refractivity contribution is -0.150. The number of nitrogens with zero attached hydrogens (tertiary/aromatic N) is 2. The maximum atomic E-state index is 12.5. The fourth-order valence-corrected chi connectivity index (χ4v) is 4.93. The lowest BCUT2D eigenvalue weighted by Gasteiger charge is -2.16. The van der Waals surface area contributed by atoms with Gasteiger partial charge in [-0.2, -0.15) is 5.10 Å². The molecule has 2 heterocycles. The highest BCUT2D eigenvalue weighted by Gasteiger charge is 2.19. The molecule has 214 valence electrons. The van der Waals surface area contributed by atoms with Crippen molar-refractivity contribution in [3.8, 4) is 17.2 Å². The molecule has 1 N–H and O–H groups in total. The number of rotatable bonds is 11. The van der Waals surface area contributed by atoms with Gasteiger partial charge in [0.25, 0.3) is 0 Å². The zero-order chi connectivity index (χ0) is 29.5. The molecular formula is C30H29BrClN3O6. The number of aryl methyl sites for hydroxylation is 2. The van der Waals surface area contributed by atoms with Gasteiger partial charge in [-0.3, -0.25) is 4.79 Å². The SMILES string of the molecule is CCOC(=O)[C@@H](C)Oc1c(Cl)cc(/C=N/NC(=O)c2ccc(COc3ccc(-n4c(C)ccc4C)cc3)o2)cc1Br. The standard InChI is InChI=1S/C30H29BrClN3O6/c1-5-38-30(37)20(4)40-28-25(31)14-21(15-26(28)32)16-33-34-29(36)27-13-12-24(41-27)17-39-23-10-8-22(9-11-23)35-18(2)6-7-19(35)3/h6-16,20H,5,17H2,1-4H3,(H,34,36)/b33-16+/t20-/m1/s1. The summed E-state index contributed by atoms with van der Waals surface area (Å²) in [6, 6.07) is 18.4. The number of carbonyl (C=O) groups excluding carboxylic acids is 2. The maximum Gasteiger partial charge on any atom is 0.347 e. The second kappa shape index (κ2) is 13.6. The van der Waals surface area contributed by atoms with Gasteiger partial charge in [0.05, 0.1) is 22.3 Å². The van der Waals surface area contributed by atoms with Crippen LogP contribution in [0.15, 0.2) is 74.7 Å². The number of hydrazone groups is 1. The summed E-state index contributed by atoms with van der Waals surface area (Å²) in [4.78, 5) is 24.3. The van der Waals surface area contributed by atoms with E-state index in [-0.39, 0.29) is 24.0 Å². The third-order valence-corrected chi connectivity index (χ3v) is 6.82. The lowest BCUT2D eigenvalue weighted by Crippen LogP contribution is -2.26. The summed E-state index contributed by atoms with van der Waals surface area (Å²) in [5, 5.41) is 4.23. The molecule has 0 bridgehead atoms. The summed E-state index contributed by atoms with van der Waals surface area (Å²) in [6.07, 6.45) is 0.580. The Bertz CT molecular complexity index is 1520. The second-order valence-electron chi connectivity index (χ2n) is 9.02. The Labute approximate surface area is 251 Å². The number of hydrogen-bond donors (Lipinski definition) is 1. The molecule has 1 amide bonds. The number of furan rings is 1. The van der Waals surface area contributed by atoms with Gasteiger partial charge in [0.1, 0.15) is 18.1 Å². The highest BCUT2D eigenvalue weighted by molar-refractivity contribution is 9.10. The largest absolute Gasteiger partial charge is 0.486 e. The molecular weight excluding hydrogens is 614 g/mol. The van der Waals surface area contributed by atoms with Gasteiger partial charge in [0.15, 0.2) is 17.6 Å². The molecule has 2 aromatic heterocycles. The number of benzene rings is 2. The fourth-order valence-electron chi connectivity index (χ4n) is 3.97. The number of halogens is 2. The van der Waals surface area contributed by atoms with Crippen LogP contribution in [0.1, 0.15) is 47.1 Å². The van der Waals surface area contributed by atoms with Crippen LogP contribution in [0.2, 0.25) is 5.02 Å². The summed E-state index contributed by atoms with van der Waals surface area (Å²) < 4.78 is 24.7. The van der Waals surface area contributed by atoms with Crippen LogP contribution < -0.4 is 14.9 Å². The highest BCUT2D eigenvalue weighted by atomic mass is 79.9. The molecule has 41 heavy (non-hydrogen) atoms. The molecule has 11 heteroatoms. The summed E-state index contributed by atoms with van der Waals surface area (Å²) in [7, 11) is 0. The topological polar surface area (TPSA) is 104 Å². The van der Waals surface area contributed by atoms with E-state index in [9.17, 15) is 9.59 Å². The molecule has 0 spiro atoms. The van der Waals surface area contributed by atoms with E-state index in [0.717, 1.165) is 17.1 Å². The first-order valence-electron chi connectivity index (χ1n) is 12.8. The van der Waals surface area contributed by atoms with Crippen LogP contribution in [-0.2, 0) is 16.1 Å². The molecule has 0 aliphatic heterocycles. The normalized spacial score (nSPS) is 11.9. The van der Waals surface area contributed by atoms with E-state index >= 15 is 0 Å². The Morgan fingerprint density at radius 2 is 1.80 bits per heavy atom. The zero-order valence-corrected chi connectivity index (χ0v) is 25.3. The molecule has 4 rings (SSSR count). The summed E-state index contributed by atoms with van der Waals surface area (Å²) in [6.45, 7) is 7.82. The Hall–Kier alpha value is -4.02. The molecule has 0 saturated carbocycles. The minimum Gasteiger partial charge on any atom is -0.486 e. The molecule has 0 aliphatic carbocycles. The number of esters is 1. The minimum atomic E-state index is -0.838. The van der Waals surface area contributed by atoms with Gasteiger partial charge in [0, 0.05) is 17.1 Å². The van der Waals surface area contributed by atoms with Gasteiger partial charge >= 0.3 is 11.9 Å². The number of aromatic nitrogens is 1. The average molecular weight is 643 g/mol. The molecule has 0 radical (unpaired) electrons. The van der Waals surface area contributed by atoms with Crippen LogP contribution in [0.3, 0.4) is 0 Å². The predicted molar refractivity (Wildman–Crippen MR) is 159 cm³/mol. The van der Waals surface area contributed by atoms with Crippen molar-refractivity contribution >= 4 is 45.6 Å². The number of ether oxygens (including phenoxy) is 3. The molecule has 0 aliphatic rings. The Morgan fingerprint density at radius 3 is 2.46 bits per heavy atom. The van der Waals surface area contributed by atoms with Crippen molar-refractivity contribution in [3.63, 3.8) is 0 Å². The van der Waals surface area contributed by atoms with Gasteiger partial charge in [-0.25, -0.2) is 10.2 Å². The Kier molecular flexibility index (Phi) is 9.91. The van der Waals surface area contributed by atoms with E-state index in [1.165, 1.54) is 6.21 Å². The van der Waals surface area contributed by atoms with Crippen molar-refractivity contribution < 1.29 is 28.2 Å². The Morgan fingerprint density at radius 1 is 1.10 bits per heavy atom. The highest BCUT2D eigenvalue weighted by Crippen LogP contribution is 2.35. The Balaban J connectivity index is 1.30. The molecule has 1 atom stereocenters. The summed E-state index contributed by atoms with van der Waals surface area (Å²) in [5.74, 6) is 0.529. The maximum absolute atomic E-state index is 12.5. The van der Waals surface area contributed by atoms with Crippen molar-refractivity contribution in [1.29, 1.82) is 0 Å². The number of carbonyl (C=O) groups is 2. The van der Waals surface area contributed by atoms with Crippen molar-refractivity contribution in [2.24, 2.45) is 5.10 Å². The number of hydrogen-bond acceptors (Lipinski definition) is 7. The third kappa shape index (κ3) is 7.59. The van der Waals surface area contributed by atoms with Crippen molar-refractivity contribution in [1.82, 2.24) is 9.99 Å². The van der Waals surface area contributed by atoms with E-state index in [0.29, 0.717) is 27.3 Å². The second-order valence-corrected chi connectivity index (χ2v) is 10.3. The zero-order valence-electron chi connectivity index (χ0n) is 22.9. The van der Waals surface area contributed by atoms with E-state index in [2.05, 4.69) is 57.0 Å². The molecule has 2 aromatic carbocycles. The van der Waals surface area contributed by atoms with Crippen LogP contribution in [0.4, 0.5) is 0 Å². The van der Waals surface area contributed by atoms with Crippen LogP contribution in [-0.4, -0.2) is 35.4 Å². The first-order valence-corrected chi connectivity index (χ1v) is 14.0. The summed E-state index contributed by atoms with van der Waals surface area (Å²) >= 11 is 9.72. The van der Waals surface area contributed by atoms with Crippen LogP contribution in [0, 0.1) is 13.8 Å². The average Bonchev–Trinajstić information content (AvgIpc) is 3.56. The van der Waals surface area contributed by atoms with E-state index < -0.39 is 18.0 Å². The predicted octanol–water partition coefficient (Wildman–Crippen LogP) is 6.78. The number of amides is 1. The number of nitrogens with one attached hydrogen (secondary N) is 1. The van der Waals surface area contributed by atoms with Crippen LogP contribution >= 0.6 is 27.5 Å². The van der Waals surface area contributed by atoms with E-state index in [1.54, 1.807) is 38.1 Å². The van der Waals surface area contributed by atoms with Gasteiger partial charge in [0.2, 0.25) is 0 Å². The fraction of sp³-hybridized carbons (Fsp3) is 0.233. The van der Waals surface area contributed by atoms with Gasteiger partial charge in [-0.1, -0.05) is 11.6 Å². The smallest absolute Gasteiger partial charge is 0.347 e. The van der Waals surface area contributed by atoms with Gasteiger partial charge < -0.3 is 23.2 Å². The van der Waals surface area contributed by atoms with Crippen molar-refractivity contribution in [3.05, 3.63) is 98.6 Å². The van der Waals surface area contributed by atoms with Gasteiger partial charge in [-0.15, -0.1) is 0 Å². The first kappa shape index (κ1) is 30.0. The van der Waals surface area contributed by atoms with Crippen molar-refractivity contribution in [2.45, 2.75) is 40.4 Å². The van der Waals surface area contributed by atoms with Crippen molar-refractivity contribution in [2.75, 3.05) is 6.61 Å². The molecule has 9 nitrogen and oxygen atoms in total. The van der Waals surface area contributed by atoms with Gasteiger partial charge in [-0.05, 0) is 110 Å². The molecule has 0 fully saturated rings. The third-order valence-electron chi connectivity index (χ3n) is 5.95. The molecule has 0 saturated heterocycles. The van der Waals surface area contributed by atoms with E-state index in [1.807, 2.05) is 24.3 Å². The monoisotopic (exact) mass is 641 g/mol. The van der Waals surface area contributed by atoms with Crippen LogP contribution in [0.5, 0.6) is 11.5 Å².